The second kappa shape index (κ2) is 9.38. The van der Waals surface area contributed by atoms with Crippen LogP contribution >= 0.6 is 11.8 Å². The van der Waals surface area contributed by atoms with Gasteiger partial charge in [-0.15, -0.1) is 0 Å². The van der Waals surface area contributed by atoms with Gasteiger partial charge in [0.1, 0.15) is 23.2 Å². The van der Waals surface area contributed by atoms with Gasteiger partial charge in [-0.05, 0) is 74.1 Å². The van der Waals surface area contributed by atoms with Crippen molar-refractivity contribution in [3.63, 3.8) is 0 Å². The number of aromatic nitrogens is 4. The number of fused-ring (bicyclic) bond motifs is 3. The molecular weight excluding hydrogens is 446 g/mol. The zero-order valence-electron chi connectivity index (χ0n) is 19.0. The molecule has 176 valence electrons. The molecule has 9 heteroatoms. The number of nitrogens with zero attached hydrogens (tertiary/aromatic N) is 4. The van der Waals surface area contributed by atoms with Gasteiger partial charge >= 0.3 is 0 Å². The van der Waals surface area contributed by atoms with Gasteiger partial charge in [-0.1, -0.05) is 12.1 Å². The number of benzene rings is 1. The average molecular weight is 476 g/mol. The Bertz CT molecular complexity index is 1140. The number of nitrogens with one attached hydrogen (secondary N) is 3. The van der Waals surface area contributed by atoms with Gasteiger partial charge in [-0.3, -0.25) is 9.89 Å². The van der Waals surface area contributed by atoms with Gasteiger partial charge in [0.25, 0.3) is 0 Å². The van der Waals surface area contributed by atoms with Crippen molar-refractivity contribution in [2.75, 3.05) is 30.3 Å². The van der Waals surface area contributed by atoms with Gasteiger partial charge < -0.3 is 15.5 Å². The number of aromatic amines is 1. The Labute approximate surface area is 203 Å². The van der Waals surface area contributed by atoms with Crippen LogP contribution in [0.5, 0.6) is 0 Å². The Morgan fingerprint density at radius 1 is 1.06 bits per heavy atom. The van der Waals surface area contributed by atoms with E-state index in [-0.39, 0.29) is 0 Å². The summed E-state index contributed by atoms with van der Waals surface area (Å²) in [5.74, 6) is 3.71. The van der Waals surface area contributed by atoms with Crippen LogP contribution in [0.2, 0.25) is 0 Å². The minimum Gasteiger partial charge on any atom is -0.366 e. The number of hydrogen-bond donors (Lipinski definition) is 3. The van der Waals surface area contributed by atoms with Gasteiger partial charge in [0.15, 0.2) is 5.16 Å². The lowest BCUT2D eigenvalue weighted by atomic mass is 9.84. The highest BCUT2D eigenvalue weighted by atomic mass is 32.2. The Kier molecular flexibility index (Phi) is 5.97. The van der Waals surface area contributed by atoms with Gasteiger partial charge in [0.05, 0.1) is 6.20 Å². The number of hydrogen-bond acceptors (Lipinski definition) is 8. The summed E-state index contributed by atoms with van der Waals surface area (Å²) in [5, 5.41) is 14.6. The molecule has 3 aromatic rings. The van der Waals surface area contributed by atoms with Crippen LogP contribution < -0.4 is 10.6 Å². The van der Waals surface area contributed by atoms with E-state index in [0.717, 1.165) is 47.3 Å². The Morgan fingerprint density at radius 2 is 1.85 bits per heavy atom. The summed E-state index contributed by atoms with van der Waals surface area (Å²) in [7, 11) is 0. The number of ketones is 1. The van der Waals surface area contributed by atoms with Crippen LogP contribution in [0.1, 0.15) is 31.2 Å². The molecule has 3 N–H and O–H groups in total. The molecule has 0 spiro atoms. The summed E-state index contributed by atoms with van der Waals surface area (Å²) in [4.78, 5) is 25.3. The number of H-pyrrole nitrogens is 1. The Hall–Kier alpha value is -2.91. The van der Waals surface area contributed by atoms with E-state index in [0.29, 0.717) is 35.2 Å². The highest BCUT2D eigenvalue weighted by Crippen LogP contribution is 2.33. The maximum atomic E-state index is 12.1. The second-order valence-electron chi connectivity index (χ2n) is 9.57. The SMILES string of the molecule is O=C(Cc1ccc(Sc2nc(Nc3ccn[nH]3)cc(N[C@@H]3CN4CCC3CC4)n2)cc1)C1CC1. The summed E-state index contributed by atoms with van der Waals surface area (Å²) in [6, 6.07) is 12.5. The number of Topliss-reactive ketones (excluding diaryl/α,β-unsaturated/α-hetero) is 1. The summed E-state index contributed by atoms with van der Waals surface area (Å²) < 4.78 is 0. The summed E-state index contributed by atoms with van der Waals surface area (Å²) in [6.07, 6.45) is 6.86. The second-order valence-corrected chi connectivity index (χ2v) is 10.6. The lowest BCUT2D eigenvalue weighted by Gasteiger charge is -2.45. The van der Waals surface area contributed by atoms with Crippen molar-refractivity contribution in [1.29, 1.82) is 0 Å². The minimum atomic E-state index is 0.301. The van der Waals surface area contributed by atoms with Gasteiger partial charge in [0, 0.05) is 42.0 Å². The first kappa shape index (κ1) is 21.6. The van der Waals surface area contributed by atoms with Crippen molar-refractivity contribution < 1.29 is 4.79 Å². The molecule has 1 aromatic carbocycles. The van der Waals surface area contributed by atoms with Gasteiger partial charge in [-0.25, -0.2) is 9.97 Å². The van der Waals surface area contributed by atoms with Crippen molar-refractivity contribution in [2.24, 2.45) is 11.8 Å². The standard InChI is InChI=1S/C25H29N7OS/c33-21(18-3-4-18)13-16-1-5-19(6-2-16)34-25-29-23(14-24(30-25)28-22-7-10-26-31-22)27-20-15-32-11-8-17(20)9-12-32/h1-2,5-7,10,14,17-18,20H,3-4,8-9,11-13,15H2,(H3,26,27,28,29,30,31)/t20-/m1/s1. The lowest BCUT2D eigenvalue weighted by Crippen LogP contribution is -2.53. The third-order valence-corrected chi connectivity index (χ3v) is 7.88. The summed E-state index contributed by atoms with van der Waals surface area (Å²) >= 11 is 1.53. The van der Waals surface area contributed by atoms with Crippen LogP contribution in [0.4, 0.5) is 17.5 Å². The van der Waals surface area contributed by atoms with Crippen LogP contribution in [0.15, 0.2) is 52.6 Å². The monoisotopic (exact) mass is 475 g/mol. The average Bonchev–Trinajstić information content (AvgIpc) is 3.58. The predicted molar refractivity (Wildman–Crippen MR) is 132 cm³/mol. The molecule has 0 unspecified atom stereocenters. The van der Waals surface area contributed by atoms with Crippen molar-refractivity contribution in [3.05, 3.63) is 48.2 Å². The molecule has 3 aliphatic heterocycles. The lowest BCUT2D eigenvalue weighted by molar-refractivity contribution is -0.119. The van der Waals surface area contributed by atoms with E-state index in [4.69, 9.17) is 9.97 Å². The summed E-state index contributed by atoms with van der Waals surface area (Å²) in [5.41, 5.74) is 1.07. The maximum Gasteiger partial charge on any atom is 0.196 e. The van der Waals surface area contributed by atoms with E-state index in [2.05, 4.69) is 37.9 Å². The molecule has 1 atom stereocenters. The number of carbonyl (C=O) groups excluding carboxylic acids is 1. The Balaban J connectivity index is 1.20. The van der Waals surface area contributed by atoms with Crippen LogP contribution in [0.3, 0.4) is 0 Å². The predicted octanol–water partition coefficient (Wildman–Crippen LogP) is 4.12. The fraction of sp³-hybridized carbons (Fsp3) is 0.440. The van der Waals surface area contributed by atoms with E-state index in [1.54, 1.807) is 6.20 Å². The van der Waals surface area contributed by atoms with Crippen LogP contribution in [-0.4, -0.2) is 56.5 Å². The van der Waals surface area contributed by atoms with Crippen LogP contribution in [0, 0.1) is 11.8 Å². The molecule has 4 fully saturated rings. The number of carbonyl (C=O) groups is 1. The van der Waals surface area contributed by atoms with E-state index < -0.39 is 0 Å². The van der Waals surface area contributed by atoms with Crippen LogP contribution in [0.25, 0.3) is 0 Å². The highest BCUT2D eigenvalue weighted by Gasteiger charge is 2.34. The molecule has 5 heterocycles. The van der Waals surface area contributed by atoms with Crippen molar-refractivity contribution in [3.8, 4) is 0 Å². The number of piperidine rings is 3. The fourth-order valence-corrected chi connectivity index (χ4v) is 5.69. The molecule has 8 nitrogen and oxygen atoms in total. The first-order valence-corrected chi connectivity index (χ1v) is 12.9. The molecule has 34 heavy (non-hydrogen) atoms. The van der Waals surface area contributed by atoms with E-state index >= 15 is 0 Å². The molecule has 1 aliphatic carbocycles. The fourth-order valence-electron chi connectivity index (χ4n) is 4.92. The zero-order valence-corrected chi connectivity index (χ0v) is 19.9. The largest absolute Gasteiger partial charge is 0.366 e. The molecule has 0 radical (unpaired) electrons. The van der Waals surface area contributed by atoms with Gasteiger partial charge in [0.2, 0.25) is 0 Å². The highest BCUT2D eigenvalue weighted by molar-refractivity contribution is 7.99. The van der Waals surface area contributed by atoms with Crippen LogP contribution in [-0.2, 0) is 11.2 Å². The van der Waals surface area contributed by atoms with Crippen molar-refractivity contribution in [2.45, 2.75) is 48.2 Å². The molecule has 4 aliphatic rings. The van der Waals surface area contributed by atoms with Crippen molar-refractivity contribution in [1.82, 2.24) is 25.1 Å². The molecule has 7 rings (SSSR count). The van der Waals surface area contributed by atoms with E-state index in [9.17, 15) is 4.79 Å². The normalized spacial score (nSPS) is 23.6. The first-order valence-electron chi connectivity index (χ1n) is 12.1. The number of anilines is 3. The zero-order chi connectivity index (χ0) is 22.9. The molecule has 0 amide bonds. The smallest absolute Gasteiger partial charge is 0.196 e. The molecule has 2 bridgehead atoms. The van der Waals surface area contributed by atoms with Crippen molar-refractivity contribution >= 4 is 35.0 Å². The molecule has 2 aromatic heterocycles. The minimum absolute atomic E-state index is 0.301. The topological polar surface area (TPSA) is 98.8 Å². The van der Waals surface area contributed by atoms with Gasteiger partial charge in [-0.2, -0.15) is 5.10 Å². The van der Waals surface area contributed by atoms with E-state index in [1.807, 2.05) is 24.3 Å². The maximum absolute atomic E-state index is 12.1. The summed E-state index contributed by atoms with van der Waals surface area (Å²) in [6.45, 7) is 3.49. The quantitative estimate of drug-likeness (QED) is 0.398. The third kappa shape index (κ3) is 5.10. The first-order chi connectivity index (χ1) is 16.7. The Morgan fingerprint density at radius 3 is 2.53 bits per heavy atom. The third-order valence-electron chi connectivity index (χ3n) is 7.00. The van der Waals surface area contributed by atoms with E-state index in [1.165, 1.54) is 37.7 Å². The number of rotatable bonds is 9. The molecule has 1 saturated carbocycles. The molecular formula is C25H29N7OS. The molecule has 3 saturated heterocycles.